The number of aromatic nitrogens is 2. The zero-order valence-electron chi connectivity index (χ0n) is 15.8. The molecule has 0 spiro atoms. The first kappa shape index (κ1) is 19.0. The van der Waals surface area contributed by atoms with Crippen molar-refractivity contribution >= 4 is 17.1 Å². The molecule has 0 unspecified atom stereocenters. The Morgan fingerprint density at radius 1 is 1.00 bits per heavy atom. The third kappa shape index (κ3) is 3.45. The molecule has 0 amide bonds. The molecule has 0 radical (unpaired) electrons. The highest BCUT2D eigenvalue weighted by Crippen LogP contribution is 2.24. The molecule has 29 heavy (non-hydrogen) atoms. The number of nitrogens with zero attached hydrogens (tertiary/aromatic N) is 2. The third-order valence-electron chi connectivity index (χ3n) is 5.01. The third-order valence-corrected chi connectivity index (χ3v) is 5.25. The van der Waals surface area contributed by atoms with Gasteiger partial charge >= 0.3 is 0 Å². The molecule has 0 saturated carbocycles. The molecule has 4 aromatic rings. The Labute approximate surface area is 172 Å². The number of hydrogen-bond acceptors (Lipinski definition) is 3. The second-order valence-corrected chi connectivity index (χ2v) is 7.28. The van der Waals surface area contributed by atoms with Gasteiger partial charge in [-0.1, -0.05) is 54.9 Å². The monoisotopic (exact) mass is 406 g/mol. The van der Waals surface area contributed by atoms with Crippen LogP contribution in [0.25, 0.3) is 16.6 Å². The summed E-state index contributed by atoms with van der Waals surface area (Å²) < 4.78 is 2.95. The minimum Gasteiger partial charge on any atom is -0.503 e. The van der Waals surface area contributed by atoms with E-state index in [2.05, 4.69) is 0 Å². The van der Waals surface area contributed by atoms with E-state index in [9.17, 15) is 14.7 Å². The topological polar surface area (TPSA) is 63.7 Å². The molecular formula is C23H19ClN2O3. The summed E-state index contributed by atoms with van der Waals surface area (Å²) in [4.78, 5) is 25.9. The lowest BCUT2D eigenvalue weighted by Gasteiger charge is -2.13. The van der Waals surface area contributed by atoms with E-state index in [1.807, 2.05) is 43.3 Å². The molecule has 0 saturated heterocycles. The SMILES string of the molecule is CCc1ccccc1-c1cn2ccn(Cc3cccc(Cl)c3)c(=O)c2c(O)c1=O. The Morgan fingerprint density at radius 3 is 2.55 bits per heavy atom. The number of halogens is 1. The summed E-state index contributed by atoms with van der Waals surface area (Å²) in [5, 5.41) is 11.2. The number of aromatic hydroxyl groups is 1. The van der Waals surface area contributed by atoms with E-state index >= 15 is 0 Å². The summed E-state index contributed by atoms with van der Waals surface area (Å²) in [5.41, 5.74) is 1.92. The molecular weight excluding hydrogens is 388 g/mol. The van der Waals surface area contributed by atoms with Crippen LogP contribution in [0.5, 0.6) is 5.75 Å². The molecule has 2 aromatic carbocycles. The summed E-state index contributed by atoms with van der Waals surface area (Å²) in [6.45, 7) is 2.29. The van der Waals surface area contributed by atoms with Crippen molar-refractivity contribution < 1.29 is 5.11 Å². The van der Waals surface area contributed by atoms with Crippen molar-refractivity contribution in [1.82, 2.24) is 8.97 Å². The van der Waals surface area contributed by atoms with Crippen LogP contribution in [0.2, 0.25) is 5.02 Å². The fourth-order valence-electron chi connectivity index (χ4n) is 3.54. The Bertz CT molecular complexity index is 1340. The fourth-order valence-corrected chi connectivity index (χ4v) is 3.76. The molecule has 0 aliphatic heterocycles. The first-order valence-electron chi connectivity index (χ1n) is 9.29. The largest absolute Gasteiger partial charge is 0.503 e. The number of fused-ring (bicyclic) bond motifs is 1. The van der Waals surface area contributed by atoms with E-state index in [0.717, 1.165) is 23.1 Å². The fraction of sp³-hybridized carbons (Fsp3) is 0.130. The zero-order valence-corrected chi connectivity index (χ0v) is 16.6. The molecule has 1 N–H and O–H groups in total. The molecule has 0 aliphatic carbocycles. The maximum atomic E-state index is 13.0. The van der Waals surface area contributed by atoms with E-state index in [1.54, 1.807) is 30.7 Å². The van der Waals surface area contributed by atoms with Crippen molar-refractivity contribution in [2.45, 2.75) is 19.9 Å². The molecule has 0 fully saturated rings. The van der Waals surface area contributed by atoms with Gasteiger partial charge in [0.25, 0.3) is 5.56 Å². The molecule has 0 bridgehead atoms. The highest BCUT2D eigenvalue weighted by molar-refractivity contribution is 6.30. The van der Waals surface area contributed by atoms with E-state index in [1.165, 1.54) is 8.97 Å². The van der Waals surface area contributed by atoms with Gasteiger partial charge in [0, 0.05) is 23.6 Å². The minimum absolute atomic E-state index is 0.0442. The maximum Gasteiger partial charge on any atom is 0.279 e. The van der Waals surface area contributed by atoms with Gasteiger partial charge < -0.3 is 14.1 Å². The van der Waals surface area contributed by atoms with Gasteiger partial charge in [0.1, 0.15) is 0 Å². The van der Waals surface area contributed by atoms with Gasteiger partial charge in [0.05, 0.1) is 12.1 Å². The summed E-state index contributed by atoms with van der Waals surface area (Å²) in [6.07, 6.45) is 5.66. The molecule has 2 heterocycles. The van der Waals surface area contributed by atoms with Crippen LogP contribution in [-0.2, 0) is 13.0 Å². The Kier molecular flexibility index (Phi) is 4.99. The Hall–Kier alpha value is -3.31. The summed E-state index contributed by atoms with van der Waals surface area (Å²) in [6, 6.07) is 14.8. The number of hydrogen-bond donors (Lipinski definition) is 1. The quantitative estimate of drug-likeness (QED) is 0.555. The summed E-state index contributed by atoms with van der Waals surface area (Å²) in [7, 11) is 0. The van der Waals surface area contributed by atoms with Gasteiger partial charge in [-0.25, -0.2) is 0 Å². The molecule has 0 aliphatic rings. The zero-order chi connectivity index (χ0) is 20.5. The van der Waals surface area contributed by atoms with E-state index in [-0.39, 0.29) is 12.1 Å². The number of benzene rings is 2. The lowest BCUT2D eigenvalue weighted by atomic mass is 9.99. The van der Waals surface area contributed by atoms with Crippen molar-refractivity contribution in [3.05, 3.63) is 104 Å². The van der Waals surface area contributed by atoms with Crippen molar-refractivity contribution in [2.75, 3.05) is 0 Å². The van der Waals surface area contributed by atoms with Gasteiger partial charge in [-0.15, -0.1) is 0 Å². The Balaban J connectivity index is 1.89. The second-order valence-electron chi connectivity index (χ2n) is 6.85. The smallest absolute Gasteiger partial charge is 0.279 e. The average molecular weight is 407 g/mol. The normalized spacial score (nSPS) is 11.1. The molecule has 146 valence electrons. The highest BCUT2D eigenvalue weighted by atomic mass is 35.5. The van der Waals surface area contributed by atoms with Gasteiger partial charge in [-0.05, 0) is 35.2 Å². The summed E-state index contributed by atoms with van der Waals surface area (Å²) in [5.74, 6) is -0.543. The van der Waals surface area contributed by atoms with Gasteiger partial charge in [0.15, 0.2) is 11.3 Å². The van der Waals surface area contributed by atoms with Crippen molar-refractivity contribution in [3.8, 4) is 16.9 Å². The van der Waals surface area contributed by atoms with Crippen LogP contribution >= 0.6 is 11.6 Å². The lowest BCUT2D eigenvalue weighted by Crippen LogP contribution is -2.24. The molecule has 4 rings (SSSR count). The van der Waals surface area contributed by atoms with Crippen LogP contribution in [0.3, 0.4) is 0 Å². The van der Waals surface area contributed by atoms with Gasteiger partial charge in [-0.3, -0.25) is 9.59 Å². The van der Waals surface area contributed by atoms with Crippen LogP contribution < -0.4 is 11.0 Å². The van der Waals surface area contributed by atoms with Crippen LogP contribution in [-0.4, -0.2) is 14.1 Å². The first-order chi connectivity index (χ1) is 14.0. The predicted molar refractivity (Wildman–Crippen MR) is 115 cm³/mol. The molecule has 0 atom stereocenters. The number of rotatable bonds is 4. The number of pyridine rings is 1. The van der Waals surface area contributed by atoms with Crippen molar-refractivity contribution in [2.24, 2.45) is 0 Å². The van der Waals surface area contributed by atoms with Crippen LogP contribution in [0.15, 0.2) is 76.7 Å². The highest BCUT2D eigenvalue weighted by Gasteiger charge is 2.17. The van der Waals surface area contributed by atoms with Crippen LogP contribution in [0.1, 0.15) is 18.1 Å². The Morgan fingerprint density at radius 2 is 1.79 bits per heavy atom. The molecule has 5 nitrogen and oxygen atoms in total. The molecule has 6 heteroatoms. The first-order valence-corrected chi connectivity index (χ1v) is 9.67. The van der Waals surface area contributed by atoms with Crippen LogP contribution in [0, 0.1) is 0 Å². The number of aryl methyl sites for hydroxylation is 1. The van der Waals surface area contributed by atoms with Gasteiger partial charge in [-0.2, -0.15) is 0 Å². The van der Waals surface area contributed by atoms with E-state index in [0.29, 0.717) is 10.6 Å². The summed E-state index contributed by atoms with van der Waals surface area (Å²) >= 11 is 6.02. The maximum absolute atomic E-state index is 13.0. The van der Waals surface area contributed by atoms with Crippen molar-refractivity contribution in [3.63, 3.8) is 0 Å². The molecule has 2 aromatic heterocycles. The standard InChI is InChI=1S/C23H19ClN2O3/c1-2-16-7-3-4-9-18(16)19-14-25-10-11-26(13-15-6-5-8-17(24)12-15)23(29)20(25)22(28)21(19)27/h3-12,14,28H,2,13H2,1H3. The minimum atomic E-state index is -0.552. The lowest BCUT2D eigenvalue weighted by molar-refractivity contribution is 0.472. The predicted octanol–water partition coefficient (Wildman–Crippen LogP) is 4.10. The van der Waals surface area contributed by atoms with Gasteiger partial charge in [0.2, 0.25) is 5.43 Å². The van der Waals surface area contributed by atoms with Crippen LogP contribution in [0.4, 0.5) is 0 Å². The second kappa shape index (κ2) is 7.60. The van der Waals surface area contributed by atoms with E-state index < -0.39 is 16.7 Å². The van der Waals surface area contributed by atoms with Crippen molar-refractivity contribution in [1.29, 1.82) is 0 Å². The van der Waals surface area contributed by atoms with E-state index in [4.69, 9.17) is 11.6 Å². The average Bonchev–Trinajstić information content (AvgIpc) is 2.72.